The molecule has 0 bridgehead atoms. The number of hydrogen-bond donors (Lipinski definition) is 1. The fraction of sp³-hybridized carbons (Fsp3) is 0.643. The van der Waals surface area contributed by atoms with E-state index >= 15 is 0 Å². The molecule has 1 rings (SSSR count). The van der Waals surface area contributed by atoms with Gasteiger partial charge in [0.05, 0.1) is 0 Å². The minimum absolute atomic E-state index is 0.209. The second-order valence-corrected chi connectivity index (χ2v) is 5.64. The van der Waals surface area contributed by atoms with E-state index in [0.29, 0.717) is 11.8 Å². The fourth-order valence-electron chi connectivity index (χ4n) is 1.55. The maximum atomic E-state index is 5.84. The van der Waals surface area contributed by atoms with Crippen LogP contribution in [0.5, 0.6) is 5.88 Å². The fourth-order valence-corrected chi connectivity index (χ4v) is 1.55. The lowest BCUT2D eigenvalue weighted by Crippen LogP contribution is -2.24. The van der Waals surface area contributed by atoms with Crippen LogP contribution in [-0.4, -0.2) is 17.6 Å². The van der Waals surface area contributed by atoms with Gasteiger partial charge >= 0.3 is 0 Å². The Balaban J connectivity index is 3.03. The van der Waals surface area contributed by atoms with Crippen LogP contribution in [0.4, 0.5) is 0 Å². The first kappa shape index (κ1) is 14.0. The number of nitrogens with one attached hydrogen (secondary N) is 1. The molecule has 0 fully saturated rings. The average molecular weight is 236 g/mol. The zero-order chi connectivity index (χ0) is 13.1. The summed E-state index contributed by atoms with van der Waals surface area (Å²) in [6, 6.07) is 4.14. The van der Waals surface area contributed by atoms with E-state index in [2.05, 4.69) is 30.2 Å². The van der Waals surface area contributed by atoms with Crippen molar-refractivity contribution in [2.75, 3.05) is 7.05 Å². The van der Waals surface area contributed by atoms with Crippen molar-refractivity contribution in [1.82, 2.24) is 10.3 Å². The molecule has 0 atom stereocenters. The summed E-state index contributed by atoms with van der Waals surface area (Å²) in [6.45, 7) is 11.2. The van der Waals surface area contributed by atoms with Crippen LogP contribution in [-0.2, 0) is 6.54 Å². The Morgan fingerprint density at radius 2 is 1.94 bits per heavy atom. The molecule has 96 valence electrons. The van der Waals surface area contributed by atoms with E-state index in [0.717, 1.165) is 12.2 Å². The van der Waals surface area contributed by atoms with E-state index in [-0.39, 0.29) is 5.60 Å². The monoisotopic (exact) mass is 236 g/mol. The topological polar surface area (TPSA) is 34.1 Å². The van der Waals surface area contributed by atoms with Crippen LogP contribution in [0.2, 0.25) is 0 Å². The van der Waals surface area contributed by atoms with Gasteiger partial charge in [0.2, 0.25) is 5.88 Å². The van der Waals surface area contributed by atoms with Crippen molar-refractivity contribution in [2.45, 2.75) is 52.7 Å². The van der Waals surface area contributed by atoms with Crippen LogP contribution < -0.4 is 10.1 Å². The van der Waals surface area contributed by atoms with Crippen molar-refractivity contribution in [2.24, 2.45) is 0 Å². The van der Waals surface area contributed by atoms with Gasteiger partial charge < -0.3 is 10.1 Å². The van der Waals surface area contributed by atoms with Gasteiger partial charge in [-0.15, -0.1) is 0 Å². The van der Waals surface area contributed by atoms with Crippen LogP contribution >= 0.6 is 0 Å². The third kappa shape index (κ3) is 4.73. The standard InChI is InChI=1S/C14H24N2O/c1-10(2)12-7-11(9-15-6)8-13(16-12)17-14(3,4)5/h7-8,10,15H,9H2,1-6H3. The zero-order valence-corrected chi connectivity index (χ0v) is 11.8. The maximum Gasteiger partial charge on any atom is 0.214 e. The molecule has 0 radical (unpaired) electrons. The third-order valence-electron chi connectivity index (χ3n) is 2.26. The van der Waals surface area contributed by atoms with Crippen molar-refractivity contribution >= 4 is 0 Å². The number of nitrogens with zero attached hydrogens (tertiary/aromatic N) is 1. The molecule has 3 heteroatoms. The lowest BCUT2D eigenvalue weighted by Gasteiger charge is -2.21. The first-order valence-corrected chi connectivity index (χ1v) is 6.16. The largest absolute Gasteiger partial charge is 0.472 e. The molecule has 0 aromatic carbocycles. The highest BCUT2D eigenvalue weighted by molar-refractivity contribution is 5.27. The molecule has 0 aliphatic carbocycles. The van der Waals surface area contributed by atoms with E-state index in [9.17, 15) is 0 Å². The number of pyridine rings is 1. The molecule has 3 nitrogen and oxygen atoms in total. The van der Waals surface area contributed by atoms with E-state index in [1.165, 1.54) is 5.56 Å². The lowest BCUT2D eigenvalue weighted by molar-refractivity contribution is 0.123. The molecule has 0 aliphatic rings. The molecular weight excluding hydrogens is 212 g/mol. The molecule has 1 aromatic rings. The molecule has 0 unspecified atom stereocenters. The van der Waals surface area contributed by atoms with Gasteiger partial charge in [0.15, 0.2) is 0 Å². The molecule has 1 aromatic heterocycles. The highest BCUT2D eigenvalue weighted by Crippen LogP contribution is 2.22. The molecule has 0 aliphatic heterocycles. The number of ether oxygens (including phenoxy) is 1. The number of hydrogen-bond acceptors (Lipinski definition) is 3. The van der Waals surface area contributed by atoms with E-state index < -0.39 is 0 Å². The van der Waals surface area contributed by atoms with Crippen LogP contribution in [0.15, 0.2) is 12.1 Å². The Morgan fingerprint density at radius 3 is 2.41 bits per heavy atom. The average Bonchev–Trinajstić information content (AvgIpc) is 2.14. The second kappa shape index (κ2) is 5.50. The molecule has 0 amide bonds. The van der Waals surface area contributed by atoms with Crippen LogP contribution in [0.1, 0.15) is 51.8 Å². The molecule has 0 saturated carbocycles. The van der Waals surface area contributed by atoms with Gasteiger partial charge in [-0.05, 0) is 45.4 Å². The predicted molar refractivity (Wildman–Crippen MR) is 71.5 cm³/mol. The smallest absolute Gasteiger partial charge is 0.214 e. The second-order valence-electron chi connectivity index (χ2n) is 5.64. The Hall–Kier alpha value is -1.09. The Labute approximate surface area is 105 Å². The van der Waals surface area contributed by atoms with Gasteiger partial charge in [0.25, 0.3) is 0 Å². The summed E-state index contributed by atoms with van der Waals surface area (Å²) in [5.41, 5.74) is 2.09. The maximum absolute atomic E-state index is 5.84. The van der Waals surface area contributed by atoms with E-state index in [4.69, 9.17) is 4.74 Å². The van der Waals surface area contributed by atoms with Gasteiger partial charge in [-0.25, -0.2) is 4.98 Å². The van der Waals surface area contributed by atoms with E-state index in [1.807, 2.05) is 33.9 Å². The summed E-state index contributed by atoms with van der Waals surface area (Å²) in [6.07, 6.45) is 0. The Bertz CT molecular complexity index is 367. The normalized spacial score (nSPS) is 11.9. The molecule has 1 N–H and O–H groups in total. The van der Waals surface area contributed by atoms with Gasteiger partial charge in [-0.2, -0.15) is 0 Å². The van der Waals surface area contributed by atoms with Crippen molar-refractivity contribution in [3.63, 3.8) is 0 Å². The molecule has 1 heterocycles. The zero-order valence-electron chi connectivity index (χ0n) is 11.8. The molecule has 0 saturated heterocycles. The molecule has 0 spiro atoms. The van der Waals surface area contributed by atoms with Crippen LogP contribution in [0, 0.1) is 0 Å². The van der Waals surface area contributed by atoms with Crippen molar-refractivity contribution in [3.8, 4) is 5.88 Å². The van der Waals surface area contributed by atoms with E-state index in [1.54, 1.807) is 0 Å². The van der Waals surface area contributed by atoms with Crippen molar-refractivity contribution in [1.29, 1.82) is 0 Å². The Morgan fingerprint density at radius 1 is 1.29 bits per heavy atom. The SMILES string of the molecule is CNCc1cc(OC(C)(C)C)nc(C(C)C)c1. The minimum atomic E-state index is -0.209. The summed E-state index contributed by atoms with van der Waals surface area (Å²) in [7, 11) is 1.94. The van der Waals surface area contributed by atoms with Gasteiger partial charge in [0, 0.05) is 18.3 Å². The lowest BCUT2D eigenvalue weighted by atomic mass is 10.1. The number of aromatic nitrogens is 1. The summed E-state index contributed by atoms with van der Waals surface area (Å²) in [5, 5.41) is 3.16. The molecule has 17 heavy (non-hydrogen) atoms. The highest BCUT2D eigenvalue weighted by Gasteiger charge is 2.14. The minimum Gasteiger partial charge on any atom is -0.472 e. The molecular formula is C14H24N2O. The first-order chi connectivity index (χ1) is 7.81. The third-order valence-corrected chi connectivity index (χ3v) is 2.26. The van der Waals surface area contributed by atoms with Crippen molar-refractivity contribution < 1.29 is 4.74 Å². The quantitative estimate of drug-likeness (QED) is 0.872. The van der Waals surface area contributed by atoms with Crippen molar-refractivity contribution in [3.05, 3.63) is 23.4 Å². The predicted octanol–water partition coefficient (Wildman–Crippen LogP) is 3.10. The number of rotatable bonds is 4. The summed E-state index contributed by atoms with van der Waals surface area (Å²) >= 11 is 0. The summed E-state index contributed by atoms with van der Waals surface area (Å²) < 4.78 is 5.84. The van der Waals surface area contributed by atoms with Gasteiger partial charge in [-0.1, -0.05) is 13.8 Å². The highest BCUT2D eigenvalue weighted by atomic mass is 16.5. The first-order valence-electron chi connectivity index (χ1n) is 6.16. The van der Waals surface area contributed by atoms with Crippen LogP contribution in [0.25, 0.3) is 0 Å². The Kier molecular flexibility index (Phi) is 4.52. The summed E-state index contributed by atoms with van der Waals surface area (Å²) in [5.74, 6) is 1.13. The van der Waals surface area contributed by atoms with Gasteiger partial charge in [-0.3, -0.25) is 0 Å². The van der Waals surface area contributed by atoms with Crippen LogP contribution in [0.3, 0.4) is 0 Å². The summed E-state index contributed by atoms with van der Waals surface area (Å²) in [4.78, 5) is 4.55. The van der Waals surface area contributed by atoms with Gasteiger partial charge in [0.1, 0.15) is 5.60 Å².